The van der Waals surface area contributed by atoms with Crippen LogP contribution in [0.3, 0.4) is 0 Å². The van der Waals surface area contributed by atoms with E-state index in [1.165, 1.54) is 16.2 Å². The summed E-state index contributed by atoms with van der Waals surface area (Å²) in [5.41, 5.74) is 5.56. The van der Waals surface area contributed by atoms with Crippen LogP contribution in [0.1, 0.15) is 95.1 Å². The van der Waals surface area contributed by atoms with Gasteiger partial charge in [-0.15, -0.1) is 11.3 Å². The number of aryl methyl sites for hydroxylation is 1. The summed E-state index contributed by atoms with van der Waals surface area (Å²) in [4.78, 5) is 71.2. The Hall–Kier alpha value is -3.06. The minimum Gasteiger partial charge on any atom is -0.444 e. The van der Waals surface area contributed by atoms with Crippen molar-refractivity contribution in [1.29, 1.82) is 0 Å². The first-order valence-electron chi connectivity index (χ1n) is 15.8. The molecule has 1 saturated heterocycles. The number of carbonyl (C=O) groups is 5. The third-order valence-corrected chi connectivity index (χ3v) is 8.98. The van der Waals surface area contributed by atoms with Crippen LogP contribution >= 0.6 is 11.3 Å². The van der Waals surface area contributed by atoms with Crippen molar-refractivity contribution >= 4 is 40.9 Å². The lowest BCUT2D eigenvalue weighted by atomic mass is 9.96. The number of esters is 1. The van der Waals surface area contributed by atoms with E-state index in [9.17, 15) is 24.0 Å². The number of rotatable bonds is 18. The molecule has 0 radical (unpaired) electrons. The average molecular weight is 637 g/mol. The van der Waals surface area contributed by atoms with Crippen LogP contribution in [0.4, 0.5) is 0 Å². The normalized spacial score (nSPS) is 17.4. The molecule has 0 bridgehead atoms. The van der Waals surface area contributed by atoms with Gasteiger partial charge in [-0.2, -0.15) is 0 Å². The highest BCUT2D eigenvalue weighted by molar-refractivity contribution is 7.09. The second kappa shape index (κ2) is 18.7. The van der Waals surface area contributed by atoms with Gasteiger partial charge in [0.25, 0.3) is 5.91 Å². The van der Waals surface area contributed by atoms with Crippen molar-refractivity contribution in [1.82, 2.24) is 25.4 Å². The fraction of sp³-hybridized carbons (Fsp3) is 0.742. The van der Waals surface area contributed by atoms with E-state index in [-0.39, 0.29) is 67.2 Å². The Labute approximate surface area is 265 Å². The topological polar surface area (TPSA) is 164 Å². The third kappa shape index (κ3) is 12.1. The van der Waals surface area contributed by atoms with E-state index < -0.39 is 11.9 Å². The van der Waals surface area contributed by atoms with Crippen molar-refractivity contribution in [3.8, 4) is 0 Å². The quantitative estimate of drug-likeness (QED) is 0.164. The van der Waals surface area contributed by atoms with Gasteiger partial charge >= 0.3 is 5.97 Å². The van der Waals surface area contributed by atoms with E-state index in [2.05, 4.69) is 15.6 Å². The maximum atomic E-state index is 13.9. The van der Waals surface area contributed by atoms with E-state index in [0.717, 1.165) is 30.8 Å². The number of thiazole rings is 1. The zero-order valence-corrected chi connectivity index (χ0v) is 28.0. The number of nitrogens with zero attached hydrogens (tertiary/aromatic N) is 3. The van der Waals surface area contributed by atoms with E-state index in [1.807, 2.05) is 39.6 Å². The van der Waals surface area contributed by atoms with E-state index in [1.54, 1.807) is 12.3 Å². The first-order chi connectivity index (χ1) is 20.8. The predicted molar refractivity (Wildman–Crippen MR) is 170 cm³/mol. The van der Waals surface area contributed by atoms with Gasteiger partial charge in [0.15, 0.2) is 6.73 Å². The lowest BCUT2D eigenvalue weighted by Crippen LogP contribution is -2.57. The summed E-state index contributed by atoms with van der Waals surface area (Å²) in [6, 6.07) is -1.03. The first-order valence-corrected chi connectivity index (χ1v) is 16.7. The van der Waals surface area contributed by atoms with Gasteiger partial charge in [-0.05, 0) is 51.1 Å². The van der Waals surface area contributed by atoms with Crippen LogP contribution in [0.2, 0.25) is 0 Å². The Kier molecular flexibility index (Phi) is 15.8. The molecule has 0 aliphatic carbocycles. The molecule has 0 aromatic carbocycles. The van der Waals surface area contributed by atoms with E-state index >= 15 is 0 Å². The van der Waals surface area contributed by atoms with E-state index in [4.69, 9.17) is 10.5 Å². The van der Waals surface area contributed by atoms with Crippen molar-refractivity contribution in [3.05, 3.63) is 16.1 Å². The van der Waals surface area contributed by atoms with Gasteiger partial charge in [0.1, 0.15) is 11.7 Å². The second-order valence-electron chi connectivity index (χ2n) is 12.3. The summed E-state index contributed by atoms with van der Waals surface area (Å²) >= 11 is 1.35. The minimum absolute atomic E-state index is 0.120. The Morgan fingerprint density at radius 3 is 2.55 bits per heavy atom. The van der Waals surface area contributed by atoms with Gasteiger partial charge < -0.3 is 26.0 Å². The number of nitrogens with two attached hydrogens (primary N) is 1. The molecule has 1 aliphatic rings. The fourth-order valence-electron chi connectivity index (χ4n) is 4.90. The largest absolute Gasteiger partial charge is 0.444 e. The van der Waals surface area contributed by atoms with Gasteiger partial charge in [0.05, 0.1) is 11.0 Å². The lowest BCUT2D eigenvalue weighted by Gasteiger charge is -2.35. The average Bonchev–Trinajstić information content (AvgIpc) is 3.45. The zero-order chi connectivity index (χ0) is 32.8. The van der Waals surface area contributed by atoms with Crippen LogP contribution in [-0.4, -0.2) is 89.9 Å². The van der Waals surface area contributed by atoms with Crippen molar-refractivity contribution in [2.24, 2.45) is 23.5 Å². The summed E-state index contributed by atoms with van der Waals surface area (Å²) in [6.07, 6.45) is 5.16. The molecule has 1 fully saturated rings. The van der Waals surface area contributed by atoms with Crippen molar-refractivity contribution < 1.29 is 28.7 Å². The van der Waals surface area contributed by atoms with Crippen LogP contribution in [0.5, 0.6) is 0 Å². The number of aromatic nitrogens is 1. The highest BCUT2D eigenvalue weighted by atomic mass is 32.1. The Bertz CT molecular complexity index is 1110. The predicted octanol–water partition coefficient (Wildman–Crippen LogP) is 2.71. The number of amides is 4. The SMILES string of the molecule is CCC(C)C(NC(=O)C1CCCCN1C)C(=O)N(CCCc1nc(C(=O)NCCC(C)C(N)=O)cs1)COC(=O)CC(C)C. The van der Waals surface area contributed by atoms with Gasteiger partial charge in [0, 0.05) is 37.2 Å². The summed E-state index contributed by atoms with van der Waals surface area (Å²) < 4.78 is 5.50. The number of hydrogen-bond acceptors (Lipinski definition) is 9. The highest BCUT2D eigenvalue weighted by Gasteiger charge is 2.34. The zero-order valence-electron chi connectivity index (χ0n) is 27.2. The molecular weight excluding hydrogens is 584 g/mol. The summed E-state index contributed by atoms with van der Waals surface area (Å²) in [5, 5.41) is 8.20. The summed E-state index contributed by atoms with van der Waals surface area (Å²) in [7, 11) is 1.93. The number of primary amides is 1. The number of likely N-dealkylation sites (tertiary alicyclic amines) is 1. The van der Waals surface area contributed by atoms with Crippen LogP contribution in [0.15, 0.2) is 5.38 Å². The number of hydrogen-bond donors (Lipinski definition) is 3. The molecule has 2 heterocycles. The molecule has 1 aromatic rings. The highest BCUT2D eigenvalue weighted by Crippen LogP contribution is 2.18. The smallest absolute Gasteiger partial charge is 0.307 e. The number of likely N-dealkylation sites (N-methyl/N-ethyl adjacent to an activating group) is 1. The van der Waals surface area contributed by atoms with Crippen LogP contribution in [0.25, 0.3) is 0 Å². The molecule has 13 heteroatoms. The van der Waals surface area contributed by atoms with Crippen molar-refractivity contribution in [2.75, 3.05) is 33.4 Å². The molecule has 4 amide bonds. The Balaban J connectivity index is 2.07. The first kappa shape index (κ1) is 37.1. The summed E-state index contributed by atoms with van der Waals surface area (Å²) in [6.45, 7) is 10.7. The maximum Gasteiger partial charge on any atom is 0.307 e. The maximum absolute atomic E-state index is 13.9. The molecule has 0 saturated carbocycles. The number of piperidine rings is 1. The molecule has 4 N–H and O–H groups in total. The molecule has 1 aliphatic heterocycles. The van der Waals surface area contributed by atoms with Gasteiger partial charge in [-0.25, -0.2) is 4.98 Å². The lowest BCUT2D eigenvalue weighted by molar-refractivity contribution is -0.155. The molecular formula is C31H52N6O6S. The molecule has 1 aromatic heterocycles. The fourth-order valence-corrected chi connectivity index (χ4v) is 5.72. The molecule has 12 nitrogen and oxygen atoms in total. The molecule has 44 heavy (non-hydrogen) atoms. The standard InChI is InChI=1S/C31H52N6O6S/c1-7-21(4)27(35-30(41)24-11-8-9-15-36(24)6)31(42)37(19-43-26(38)17-20(2)3)16-10-12-25-34-23(18-44-25)29(40)33-14-13-22(5)28(32)39/h18,20-22,24,27H,7-17,19H2,1-6H3,(H2,32,39)(H,33,40)(H,35,41). The Morgan fingerprint density at radius 2 is 1.91 bits per heavy atom. The molecule has 4 unspecified atom stereocenters. The number of ether oxygens (including phenoxy) is 1. The molecule has 248 valence electrons. The van der Waals surface area contributed by atoms with Gasteiger partial charge in [0.2, 0.25) is 17.7 Å². The molecule has 0 spiro atoms. The van der Waals surface area contributed by atoms with Gasteiger partial charge in [-0.1, -0.05) is 47.5 Å². The molecule has 2 rings (SSSR count). The van der Waals surface area contributed by atoms with Crippen molar-refractivity contribution in [2.45, 2.75) is 98.1 Å². The van der Waals surface area contributed by atoms with Crippen molar-refractivity contribution in [3.63, 3.8) is 0 Å². The Morgan fingerprint density at radius 1 is 1.18 bits per heavy atom. The monoisotopic (exact) mass is 636 g/mol. The number of nitrogens with one attached hydrogen (secondary N) is 2. The number of carbonyl (C=O) groups excluding carboxylic acids is 5. The summed E-state index contributed by atoms with van der Waals surface area (Å²) in [5.74, 6) is -1.90. The molecule has 4 atom stereocenters. The van der Waals surface area contributed by atoms with Crippen LogP contribution in [-0.2, 0) is 30.3 Å². The van der Waals surface area contributed by atoms with Crippen LogP contribution in [0, 0.1) is 17.8 Å². The van der Waals surface area contributed by atoms with E-state index in [0.29, 0.717) is 37.9 Å². The third-order valence-electron chi connectivity index (χ3n) is 8.07. The van der Waals surface area contributed by atoms with Gasteiger partial charge in [-0.3, -0.25) is 28.9 Å². The second-order valence-corrected chi connectivity index (χ2v) is 13.2. The van der Waals surface area contributed by atoms with Crippen LogP contribution < -0.4 is 16.4 Å². The minimum atomic E-state index is -0.751.